The van der Waals surface area contributed by atoms with Crippen LogP contribution in [0, 0.1) is 11.7 Å². The third-order valence-corrected chi connectivity index (χ3v) is 6.84. The second kappa shape index (κ2) is 11.7. The molecule has 1 aliphatic heterocycles. The number of fused-ring (bicyclic) bond motifs is 1. The number of hydrogen-bond donors (Lipinski definition) is 2. The third-order valence-electron chi connectivity index (χ3n) is 6.84. The van der Waals surface area contributed by atoms with Gasteiger partial charge in [0.25, 0.3) is 5.91 Å². The van der Waals surface area contributed by atoms with Crippen LogP contribution in [-0.4, -0.2) is 75.8 Å². The maximum atomic E-state index is 13.6. The highest BCUT2D eigenvalue weighted by Gasteiger charge is 2.34. The molecule has 1 aromatic heterocycles. The topological polar surface area (TPSA) is 103 Å². The fourth-order valence-electron chi connectivity index (χ4n) is 4.56. The number of aliphatic hydroxyl groups excluding tert-OH is 1. The molecule has 1 amide bonds. The van der Waals surface area contributed by atoms with Crippen molar-refractivity contribution in [2.75, 3.05) is 26.7 Å². The normalized spacial score (nSPS) is 18.4. The number of halogens is 1. The number of pyridine rings is 1. The first-order chi connectivity index (χ1) is 18.2. The van der Waals surface area contributed by atoms with Gasteiger partial charge in [-0.1, -0.05) is 31.2 Å². The fraction of sp³-hybridized carbons (Fsp3) is 0.345. The molecule has 0 aliphatic carbocycles. The van der Waals surface area contributed by atoms with Gasteiger partial charge in [0.1, 0.15) is 17.5 Å². The molecule has 2 aromatic carbocycles. The predicted molar refractivity (Wildman–Crippen MR) is 141 cm³/mol. The summed E-state index contributed by atoms with van der Waals surface area (Å²) in [5, 5.41) is 19.0. The summed E-state index contributed by atoms with van der Waals surface area (Å²) in [6.45, 7) is 5.10. The van der Waals surface area contributed by atoms with Gasteiger partial charge in [-0.05, 0) is 55.4 Å². The van der Waals surface area contributed by atoms with Crippen LogP contribution in [0.1, 0.15) is 40.1 Å². The molecule has 3 atom stereocenters. The van der Waals surface area contributed by atoms with Gasteiger partial charge in [0, 0.05) is 37.3 Å². The van der Waals surface area contributed by atoms with Crippen LogP contribution in [0.2, 0.25) is 0 Å². The van der Waals surface area contributed by atoms with E-state index in [1.165, 1.54) is 12.1 Å². The van der Waals surface area contributed by atoms with Gasteiger partial charge in [-0.15, -0.1) is 0 Å². The first kappa shape index (κ1) is 27.2. The maximum Gasteiger partial charge on any atom is 0.335 e. The number of carbonyl (C=O) groups excluding carboxylic acids is 1. The van der Waals surface area contributed by atoms with Crippen LogP contribution in [0.25, 0.3) is 11.1 Å². The second-order valence-corrected chi connectivity index (χ2v) is 9.91. The average Bonchev–Trinajstić information content (AvgIpc) is 2.90. The SMILES string of the molecule is C[C@@H]1CN([C@@H](C)CO)C(=O)c2cc(-c3ccc(F)cc3)cnc2O[C@H]1CN(C)Cc1ccc(C(=O)O)cc1. The molecular formula is C29H32FN3O5. The van der Waals surface area contributed by atoms with E-state index in [4.69, 9.17) is 9.84 Å². The van der Waals surface area contributed by atoms with Gasteiger partial charge in [-0.3, -0.25) is 9.69 Å². The Morgan fingerprint density at radius 1 is 1.18 bits per heavy atom. The number of ether oxygens (including phenoxy) is 1. The number of amides is 1. The van der Waals surface area contributed by atoms with E-state index in [0.717, 1.165) is 11.1 Å². The predicted octanol–water partition coefficient (Wildman–Crippen LogP) is 3.94. The fourth-order valence-corrected chi connectivity index (χ4v) is 4.56. The Kier molecular flexibility index (Phi) is 8.38. The lowest BCUT2D eigenvalue weighted by Crippen LogP contribution is -2.49. The number of benzene rings is 2. The number of aliphatic hydroxyl groups is 1. The molecule has 1 aliphatic rings. The molecule has 0 radical (unpaired) electrons. The van der Waals surface area contributed by atoms with Crippen molar-refractivity contribution in [2.45, 2.75) is 32.5 Å². The summed E-state index contributed by atoms with van der Waals surface area (Å²) >= 11 is 0. The summed E-state index contributed by atoms with van der Waals surface area (Å²) in [5.41, 5.74) is 2.86. The van der Waals surface area contributed by atoms with Crippen molar-refractivity contribution >= 4 is 11.9 Å². The average molecular weight is 522 g/mol. The minimum atomic E-state index is -0.966. The van der Waals surface area contributed by atoms with E-state index in [1.54, 1.807) is 60.5 Å². The molecule has 2 N–H and O–H groups in total. The number of carboxylic acid groups (broad SMARTS) is 1. The number of carboxylic acids is 1. The molecule has 0 unspecified atom stereocenters. The molecular weight excluding hydrogens is 489 g/mol. The molecule has 0 spiro atoms. The largest absolute Gasteiger partial charge is 0.478 e. The summed E-state index contributed by atoms with van der Waals surface area (Å²) in [6, 6.07) is 14.0. The Hall–Kier alpha value is -3.82. The van der Waals surface area contributed by atoms with Crippen molar-refractivity contribution in [1.82, 2.24) is 14.8 Å². The molecule has 3 aromatic rings. The van der Waals surface area contributed by atoms with E-state index in [0.29, 0.717) is 25.2 Å². The van der Waals surface area contributed by atoms with Crippen LogP contribution in [0.5, 0.6) is 5.88 Å². The molecule has 0 saturated heterocycles. The van der Waals surface area contributed by atoms with Crippen LogP contribution in [0.3, 0.4) is 0 Å². The second-order valence-electron chi connectivity index (χ2n) is 9.91. The number of aromatic carboxylic acids is 1. The van der Waals surface area contributed by atoms with Crippen LogP contribution >= 0.6 is 0 Å². The zero-order chi connectivity index (χ0) is 27.4. The third kappa shape index (κ3) is 6.17. The smallest absolute Gasteiger partial charge is 0.335 e. The number of rotatable bonds is 8. The van der Waals surface area contributed by atoms with Crippen LogP contribution in [-0.2, 0) is 6.54 Å². The standard InChI is InChI=1S/C29H32FN3O5/c1-18-14-33(19(2)17-34)28(35)25-12-23(21-8-10-24(30)11-9-21)13-31-27(25)38-26(18)16-32(3)15-20-4-6-22(7-5-20)29(36)37/h4-13,18-19,26,34H,14-17H2,1-3H3,(H,36,37)/t18-,19+,26+/m1/s1. The van der Waals surface area contributed by atoms with E-state index < -0.39 is 12.0 Å². The quantitative estimate of drug-likeness (QED) is 0.463. The minimum Gasteiger partial charge on any atom is -0.478 e. The van der Waals surface area contributed by atoms with Gasteiger partial charge in [0.15, 0.2) is 0 Å². The van der Waals surface area contributed by atoms with Gasteiger partial charge in [0.05, 0.1) is 18.2 Å². The zero-order valence-electron chi connectivity index (χ0n) is 21.7. The molecule has 9 heteroatoms. The molecule has 0 saturated carbocycles. The molecule has 0 bridgehead atoms. The number of nitrogens with zero attached hydrogens (tertiary/aromatic N) is 3. The summed E-state index contributed by atoms with van der Waals surface area (Å²) < 4.78 is 19.8. The van der Waals surface area contributed by atoms with E-state index in [2.05, 4.69) is 9.88 Å². The number of likely N-dealkylation sites (N-methyl/N-ethyl adjacent to an activating group) is 1. The Balaban J connectivity index is 1.61. The van der Waals surface area contributed by atoms with E-state index >= 15 is 0 Å². The lowest BCUT2D eigenvalue weighted by molar-refractivity contribution is 0.0325. The first-order valence-electron chi connectivity index (χ1n) is 12.5. The highest BCUT2D eigenvalue weighted by atomic mass is 19.1. The van der Waals surface area contributed by atoms with Gasteiger partial charge in [0.2, 0.25) is 5.88 Å². The Morgan fingerprint density at radius 3 is 2.50 bits per heavy atom. The van der Waals surface area contributed by atoms with Crippen LogP contribution < -0.4 is 4.74 Å². The van der Waals surface area contributed by atoms with Gasteiger partial charge in [-0.2, -0.15) is 0 Å². The number of hydrogen-bond acceptors (Lipinski definition) is 6. The highest BCUT2D eigenvalue weighted by molar-refractivity contribution is 5.98. The molecule has 8 nitrogen and oxygen atoms in total. The molecule has 200 valence electrons. The zero-order valence-corrected chi connectivity index (χ0v) is 21.7. The van der Waals surface area contributed by atoms with Crippen LogP contribution in [0.15, 0.2) is 60.8 Å². The van der Waals surface area contributed by atoms with Gasteiger partial charge in [-0.25, -0.2) is 14.2 Å². The molecule has 38 heavy (non-hydrogen) atoms. The molecule has 2 heterocycles. The number of aromatic nitrogens is 1. The van der Waals surface area contributed by atoms with Crippen LogP contribution in [0.4, 0.5) is 4.39 Å². The van der Waals surface area contributed by atoms with Crippen molar-refractivity contribution in [3.63, 3.8) is 0 Å². The summed E-state index contributed by atoms with van der Waals surface area (Å²) in [4.78, 5) is 33.0. The van der Waals surface area contributed by atoms with Crippen molar-refractivity contribution in [3.05, 3.63) is 83.3 Å². The maximum absolute atomic E-state index is 13.6. The molecule has 4 rings (SSSR count). The molecule has 0 fully saturated rings. The summed E-state index contributed by atoms with van der Waals surface area (Å²) in [7, 11) is 1.95. The Labute approximate surface area is 221 Å². The van der Waals surface area contributed by atoms with Crippen molar-refractivity contribution in [1.29, 1.82) is 0 Å². The van der Waals surface area contributed by atoms with Crippen molar-refractivity contribution in [2.24, 2.45) is 5.92 Å². The minimum absolute atomic E-state index is 0.0727. The number of carbonyl (C=O) groups is 2. The van der Waals surface area contributed by atoms with Crippen molar-refractivity contribution in [3.8, 4) is 17.0 Å². The lowest BCUT2D eigenvalue weighted by atomic mass is 9.99. The van der Waals surface area contributed by atoms with E-state index in [9.17, 15) is 19.1 Å². The lowest BCUT2D eigenvalue weighted by Gasteiger charge is -2.37. The van der Waals surface area contributed by atoms with Crippen molar-refractivity contribution < 1.29 is 28.9 Å². The Morgan fingerprint density at radius 2 is 1.87 bits per heavy atom. The summed E-state index contributed by atoms with van der Waals surface area (Å²) in [5.74, 6) is -1.46. The first-order valence-corrected chi connectivity index (χ1v) is 12.5. The van der Waals surface area contributed by atoms with Gasteiger partial charge < -0.3 is 19.8 Å². The van der Waals surface area contributed by atoms with E-state index in [-0.39, 0.29) is 47.4 Å². The Bertz CT molecular complexity index is 1280. The summed E-state index contributed by atoms with van der Waals surface area (Å²) in [6.07, 6.45) is 1.29. The highest BCUT2D eigenvalue weighted by Crippen LogP contribution is 2.30. The van der Waals surface area contributed by atoms with Gasteiger partial charge >= 0.3 is 5.97 Å². The van der Waals surface area contributed by atoms with E-state index in [1.807, 2.05) is 14.0 Å². The monoisotopic (exact) mass is 521 g/mol.